The average Bonchev–Trinajstić information content (AvgIpc) is 3.25. The van der Waals surface area contributed by atoms with E-state index in [1.807, 2.05) is 0 Å². The molecule has 1 aromatic carbocycles. The number of hydrogen-bond donors (Lipinski definition) is 0. The second-order valence-electron chi connectivity index (χ2n) is 8.48. The van der Waals surface area contributed by atoms with Gasteiger partial charge in [0.15, 0.2) is 5.69 Å². The Morgan fingerprint density at radius 1 is 1.18 bits per heavy atom. The van der Waals surface area contributed by atoms with Crippen LogP contribution in [0.5, 0.6) is 0 Å². The Morgan fingerprint density at radius 3 is 2.76 bits per heavy atom. The molecule has 10 nitrogen and oxygen atoms in total. The van der Waals surface area contributed by atoms with Crippen molar-refractivity contribution < 1.29 is 18.4 Å². The molecule has 0 bridgehead atoms. The molecule has 4 heterocycles. The highest BCUT2D eigenvalue weighted by molar-refractivity contribution is 5.83. The van der Waals surface area contributed by atoms with E-state index in [-0.39, 0.29) is 11.4 Å². The van der Waals surface area contributed by atoms with E-state index < -0.39 is 11.4 Å². The predicted octanol–water partition coefficient (Wildman–Crippen LogP) is 1.81. The molecule has 33 heavy (non-hydrogen) atoms. The van der Waals surface area contributed by atoms with Crippen LogP contribution in [0.25, 0.3) is 28.1 Å². The third kappa shape index (κ3) is 3.35. The average molecular weight is 454 g/mol. The predicted molar refractivity (Wildman–Crippen MR) is 115 cm³/mol. The van der Waals surface area contributed by atoms with E-state index in [2.05, 4.69) is 20.0 Å². The van der Waals surface area contributed by atoms with Crippen molar-refractivity contribution in [1.82, 2.24) is 29.0 Å². The lowest BCUT2D eigenvalue weighted by Gasteiger charge is -2.27. The van der Waals surface area contributed by atoms with E-state index in [0.717, 1.165) is 25.9 Å². The number of nitrogens with zero attached hydrogens (tertiary/aromatic N) is 6. The zero-order valence-electron chi connectivity index (χ0n) is 18.2. The zero-order valence-corrected chi connectivity index (χ0v) is 18.2. The summed E-state index contributed by atoms with van der Waals surface area (Å²) in [6, 6.07) is 4.41. The first-order chi connectivity index (χ1) is 16.1. The highest BCUT2D eigenvalue weighted by atomic mass is 19.1. The van der Waals surface area contributed by atoms with E-state index in [9.17, 15) is 9.18 Å². The molecule has 1 saturated carbocycles. The summed E-state index contributed by atoms with van der Waals surface area (Å²) in [4.78, 5) is 24.8. The molecule has 2 fully saturated rings. The fourth-order valence-electron chi connectivity index (χ4n) is 4.47. The number of methoxy groups -OCH3 is 1. The summed E-state index contributed by atoms with van der Waals surface area (Å²) >= 11 is 0. The summed E-state index contributed by atoms with van der Waals surface area (Å²) in [5, 5.41) is 4.07. The first-order valence-electron chi connectivity index (χ1n) is 11.0. The van der Waals surface area contributed by atoms with Gasteiger partial charge in [-0.1, -0.05) is 5.16 Å². The molecule has 0 spiro atoms. The molecule has 0 radical (unpaired) electrons. The van der Waals surface area contributed by atoms with Crippen molar-refractivity contribution in [3.8, 4) is 11.6 Å². The van der Waals surface area contributed by atoms with Crippen LogP contribution in [0, 0.1) is 5.82 Å². The minimum absolute atomic E-state index is 0.161. The van der Waals surface area contributed by atoms with Crippen LogP contribution in [0.15, 0.2) is 33.8 Å². The maximum atomic E-state index is 14.2. The van der Waals surface area contributed by atoms with E-state index in [0.29, 0.717) is 54.4 Å². The van der Waals surface area contributed by atoms with Crippen LogP contribution in [0.3, 0.4) is 0 Å². The van der Waals surface area contributed by atoms with Crippen molar-refractivity contribution in [1.29, 1.82) is 0 Å². The Bertz CT molecular complexity index is 1400. The fourth-order valence-corrected chi connectivity index (χ4v) is 4.47. The van der Waals surface area contributed by atoms with Crippen molar-refractivity contribution in [3.63, 3.8) is 0 Å². The first-order valence-corrected chi connectivity index (χ1v) is 11.0. The van der Waals surface area contributed by atoms with Crippen LogP contribution in [-0.4, -0.2) is 69.0 Å². The zero-order chi connectivity index (χ0) is 22.6. The van der Waals surface area contributed by atoms with E-state index >= 15 is 0 Å². The molecule has 3 aromatic heterocycles. The molecule has 1 aliphatic carbocycles. The van der Waals surface area contributed by atoms with Crippen molar-refractivity contribution in [2.45, 2.75) is 25.0 Å². The summed E-state index contributed by atoms with van der Waals surface area (Å²) in [5.41, 5.74) is 0.987. The van der Waals surface area contributed by atoms with Crippen molar-refractivity contribution >= 4 is 16.6 Å². The third-order valence-corrected chi connectivity index (χ3v) is 6.58. The van der Waals surface area contributed by atoms with Crippen LogP contribution in [-0.2, 0) is 21.6 Å². The number of rotatable bonds is 6. The molecule has 0 N–H and O–H groups in total. The van der Waals surface area contributed by atoms with Gasteiger partial charge in [-0.15, -0.1) is 0 Å². The number of aromatic nitrogens is 5. The smallest absolute Gasteiger partial charge is 0.279 e. The Morgan fingerprint density at radius 2 is 2.00 bits per heavy atom. The summed E-state index contributed by atoms with van der Waals surface area (Å²) in [5.74, 6) is 0.211. The Labute approximate surface area is 187 Å². The highest BCUT2D eigenvalue weighted by Gasteiger charge is 2.49. The van der Waals surface area contributed by atoms with Gasteiger partial charge in [0.2, 0.25) is 5.82 Å². The van der Waals surface area contributed by atoms with E-state index in [1.54, 1.807) is 22.1 Å². The van der Waals surface area contributed by atoms with Gasteiger partial charge < -0.3 is 18.6 Å². The molecule has 6 rings (SSSR count). The number of halogens is 1. The van der Waals surface area contributed by atoms with Gasteiger partial charge in [0.25, 0.3) is 11.4 Å². The summed E-state index contributed by atoms with van der Waals surface area (Å²) in [7, 11) is 1.62. The Kier molecular flexibility index (Phi) is 4.78. The standard InChI is InChI=1S/C22H23FN6O4/c1-31-22(4-5-22)21-25-19(33-26-21)17-18-20(30)28(7-6-27-8-10-32-11-9-27)16-12-14(23)2-3-15(16)29(18)13-24-17/h2-3,12-13H,4-11H2,1H3. The lowest BCUT2D eigenvalue weighted by molar-refractivity contribution is 0.0364. The molecule has 0 atom stereocenters. The lowest BCUT2D eigenvalue weighted by atomic mass is 10.2. The van der Waals surface area contributed by atoms with Gasteiger partial charge in [-0.05, 0) is 31.0 Å². The SMILES string of the molecule is COC1(c2noc(-c3ncn4c3c(=O)n(CCN3CCOCC3)c3cc(F)ccc34)n2)CC1. The molecule has 2 aliphatic rings. The molecular weight excluding hydrogens is 431 g/mol. The van der Waals surface area contributed by atoms with Crippen LogP contribution in [0.1, 0.15) is 18.7 Å². The van der Waals surface area contributed by atoms with Crippen LogP contribution in [0.4, 0.5) is 4.39 Å². The Hall–Kier alpha value is -3.15. The van der Waals surface area contributed by atoms with Crippen molar-refractivity contribution in [2.24, 2.45) is 0 Å². The number of fused-ring (bicyclic) bond motifs is 3. The van der Waals surface area contributed by atoms with Gasteiger partial charge in [0, 0.05) is 33.3 Å². The molecule has 4 aromatic rings. The van der Waals surface area contributed by atoms with Crippen LogP contribution >= 0.6 is 0 Å². The first kappa shape index (κ1) is 20.5. The molecular formula is C22H23FN6O4. The van der Waals surface area contributed by atoms with Crippen molar-refractivity contribution in [3.05, 3.63) is 46.5 Å². The van der Waals surface area contributed by atoms with Gasteiger partial charge in [-0.25, -0.2) is 9.37 Å². The Balaban J connectivity index is 1.48. The topological polar surface area (TPSA) is 99.9 Å². The number of imidazole rings is 1. The fraction of sp³-hybridized carbons (Fsp3) is 0.455. The maximum Gasteiger partial charge on any atom is 0.279 e. The minimum atomic E-state index is -0.514. The van der Waals surface area contributed by atoms with Gasteiger partial charge in [0.1, 0.15) is 23.3 Å². The molecule has 0 unspecified atom stereocenters. The summed E-state index contributed by atoms with van der Waals surface area (Å²) < 4.78 is 33.8. The number of morpholine rings is 1. The van der Waals surface area contributed by atoms with Gasteiger partial charge >= 0.3 is 0 Å². The molecule has 1 saturated heterocycles. The molecule has 172 valence electrons. The molecule has 0 amide bonds. The monoisotopic (exact) mass is 454 g/mol. The van der Waals surface area contributed by atoms with Crippen molar-refractivity contribution in [2.75, 3.05) is 40.0 Å². The van der Waals surface area contributed by atoms with Gasteiger partial charge in [0.05, 0.1) is 24.2 Å². The van der Waals surface area contributed by atoms with Gasteiger partial charge in [-0.3, -0.25) is 14.1 Å². The maximum absolute atomic E-state index is 14.2. The highest BCUT2D eigenvalue weighted by Crippen LogP contribution is 2.47. The number of benzene rings is 1. The quantitative estimate of drug-likeness (QED) is 0.435. The lowest BCUT2D eigenvalue weighted by Crippen LogP contribution is -2.39. The van der Waals surface area contributed by atoms with E-state index in [1.165, 1.54) is 18.5 Å². The second kappa shape index (κ2) is 7.72. The summed E-state index contributed by atoms with van der Waals surface area (Å²) in [6.07, 6.45) is 3.17. The number of hydrogen-bond acceptors (Lipinski definition) is 8. The minimum Gasteiger partial charge on any atom is -0.379 e. The van der Waals surface area contributed by atoms with Crippen LogP contribution in [0.2, 0.25) is 0 Å². The normalized spacial score (nSPS) is 18.4. The number of ether oxygens (including phenoxy) is 2. The third-order valence-electron chi connectivity index (χ3n) is 6.58. The molecule has 1 aliphatic heterocycles. The van der Waals surface area contributed by atoms with Gasteiger partial charge in [-0.2, -0.15) is 4.98 Å². The van der Waals surface area contributed by atoms with E-state index in [4.69, 9.17) is 14.0 Å². The molecule has 11 heteroatoms. The second-order valence-corrected chi connectivity index (χ2v) is 8.48. The van der Waals surface area contributed by atoms with Crippen LogP contribution < -0.4 is 5.56 Å². The summed E-state index contributed by atoms with van der Waals surface area (Å²) in [6.45, 7) is 3.98. The largest absolute Gasteiger partial charge is 0.379 e.